The average molecular weight is 596 g/mol. The van der Waals surface area contributed by atoms with Crippen LogP contribution in [-0.2, 0) is 10.1 Å². The van der Waals surface area contributed by atoms with Gasteiger partial charge in [-0.25, -0.2) is 0 Å². The number of carbonyl (C=O) groups excluding carboxylic acids is 1. The molecule has 0 fully saturated rings. The Morgan fingerprint density at radius 3 is 2.44 bits per heavy atom. The van der Waals surface area contributed by atoms with Gasteiger partial charge in [0.1, 0.15) is 10.6 Å². The molecule has 0 saturated heterocycles. The van der Waals surface area contributed by atoms with E-state index in [1.807, 2.05) is 6.92 Å². The maximum Gasteiger partial charge on any atom is 1.00 e. The summed E-state index contributed by atoms with van der Waals surface area (Å²) < 4.78 is 38.0. The van der Waals surface area contributed by atoms with Gasteiger partial charge in [0.2, 0.25) is 0 Å². The smallest absolute Gasteiger partial charge is 0.870 e. The van der Waals surface area contributed by atoms with Crippen LogP contribution in [-0.4, -0.2) is 25.5 Å². The van der Waals surface area contributed by atoms with E-state index in [2.05, 4.69) is 15.5 Å². The summed E-state index contributed by atoms with van der Waals surface area (Å²) in [5.74, 6) is -0.889. The minimum absolute atomic E-state index is 0. The first-order valence-corrected chi connectivity index (χ1v) is 13.3. The van der Waals surface area contributed by atoms with E-state index in [0.29, 0.717) is 23.1 Å². The van der Waals surface area contributed by atoms with E-state index < -0.39 is 26.7 Å². The van der Waals surface area contributed by atoms with Gasteiger partial charge in [-0.05, 0) is 55.1 Å². The molecule has 0 unspecified atom stereocenters. The van der Waals surface area contributed by atoms with Crippen LogP contribution >= 0.6 is 23.2 Å². The van der Waals surface area contributed by atoms with Crippen LogP contribution in [0.15, 0.2) is 75.8 Å². The van der Waals surface area contributed by atoms with E-state index >= 15 is 0 Å². The van der Waals surface area contributed by atoms with Crippen LogP contribution in [0, 0.1) is 6.92 Å². The number of hydrogen-bond donors (Lipinski definition) is 2. The van der Waals surface area contributed by atoms with Crippen molar-refractivity contribution in [3.8, 4) is 11.5 Å². The van der Waals surface area contributed by atoms with Crippen LogP contribution in [0.2, 0.25) is 10.0 Å². The van der Waals surface area contributed by atoms with Gasteiger partial charge in [-0.15, -0.1) is 0 Å². The van der Waals surface area contributed by atoms with Crippen molar-refractivity contribution in [3.63, 3.8) is 0 Å². The number of fused-ring (bicyclic) bond motifs is 1. The van der Waals surface area contributed by atoms with Crippen LogP contribution in [0.1, 0.15) is 22.8 Å². The van der Waals surface area contributed by atoms with Gasteiger partial charge >= 0.3 is 29.6 Å². The molecule has 4 aromatic rings. The third kappa shape index (κ3) is 6.90. The predicted octanol–water partition coefficient (Wildman–Crippen LogP) is 3.85. The number of nitrogens with one attached hydrogen (secondary N) is 1. The van der Waals surface area contributed by atoms with E-state index in [-0.39, 0.29) is 67.8 Å². The van der Waals surface area contributed by atoms with Gasteiger partial charge in [0, 0.05) is 17.0 Å². The van der Waals surface area contributed by atoms with Gasteiger partial charge in [0.05, 0.1) is 33.7 Å². The van der Waals surface area contributed by atoms with Crippen LogP contribution < -0.4 is 44.7 Å². The third-order valence-electron chi connectivity index (χ3n) is 5.45. The second-order valence-electron chi connectivity index (χ2n) is 8.10. The molecule has 39 heavy (non-hydrogen) atoms. The Morgan fingerprint density at radius 2 is 1.77 bits per heavy atom. The molecule has 9 nitrogen and oxygen atoms in total. The number of anilines is 1. The Hall–Kier alpha value is -2.70. The second-order valence-corrected chi connectivity index (χ2v) is 10.3. The average Bonchev–Trinajstić information content (AvgIpc) is 2.84. The summed E-state index contributed by atoms with van der Waals surface area (Å²) in [7, 11) is -4.55. The van der Waals surface area contributed by atoms with Crippen molar-refractivity contribution in [3.05, 3.63) is 81.8 Å². The number of ether oxygens (including phenoxy) is 1. The van der Waals surface area contributed by atoms with Crippen molar-refractivity contribution in [2.45, 2.75) is 18.7 Å². The van der Waals surface area contributed by atoms with Gasteiger partial charge in [0.25, 0.3) is 16.0 Å². The fraction of sp³-hybridized carbons (Fsp3) is 0.115. The number of hydrogen-bond acceptors (Lipinski definition) is 7. The first-order chi connectivity index (χ1) is 18.0. The Bertz CT molecular complexity index is 1690. The molecule has 0 saturated carbocycles. The molecule has 0 spiro atoms. The second kappa shape index (κ2) is 12.6. The number of aryl methyl sites for hydroxylation is 1. The molecule has 0 aliphatic carbocycles. The molecule has 0 aromatic heterocycles. The number of carbonyl (C=O) groups is 1. The van der Waals surface area contributed by atoms with Gasteiger partial charge in [-0.3, -0.25) is 9.35 Å². The number of halogens is 2. The third-order valence-corrected chi connectivity index (χ3v) is 7.25. The number of azo groups is 1. The van der Waals surface area contributed by atoms with Gasteiger partial charge in [-0.1, -0.05) is 53.2 Å². The maximum absolute atomic E-state index is 13.4. The molecule has 1 amide bonds. The molecule has 0 atom stereocenters. The monoisotopic (exact) mass is 595 g/mol. The fourth-order valence-electron chi connectivity index (χ4n) is 3.83. The fourth-order valence-corrected chi connectivity index (χ4v) is 5.32. The first kappa shape index (κ1) is 30.8. The van der Waals surface area contributed by atoms with Crippen LogP contribution in [0.4, 0.5) is 17.1 Å². The standard InChI is InChI=1S/C26H21Cl2N3O6S.Na/c1-3-37-17-8-9-20(27)22(13-17)29-26(33)19-11-15-6-4-5-7-18(15)23(24(19)32)31-30-16-10-14(2)25(21(28)12-16)38(34,35)36;/h4-13,32H,3H2,1-2H3,(H,29,33)(H,34,35,36);/q;+1/p-1. The van der Waals surface area contributed by atoms with Crippen LogP contribution in [0.5, 0.6) is 11.5 Å². The topological polar surface area (TPSA) is 140 Å². The van der Waals surface area contributed by atoms with Crippen LogP contribution in [0.25, 0.3) is 10.8 Å². The summed E-state index contributed by atoms with van der Waals surface area (Å²) in [6, 6.07) is 15.6. The zero-order chi connectivity index (χ0) is 27.6. The molecule has 0 radical (unpaired) electrons. The first-order valence-electron chi connectivity index (χ1n) is 11.2. The molecule has 196 valence electrons. The molecule has 0 aliphatic rings. The molecular weight excluding hydrogens is 576 g/mol. The number of benzene rings is 4. The molecule has 0 bridgehead atoms. The Balaban J connectivity index is 0.00000420. The normalized spacial score (nSPS) is 11.4. The Morgan fingerprint density at radius 1 is 1.05 bits per heavy atom. The molecule has 13 heteroatoms. The van der Waals surface area contributed by atoms with Crippen molar-refractivity contribution in [1.29, 1.82) is 0 Å². The number of nitrogens with zero attached hydrogens (tertiary/aromatic N) is 2. The minimum atomic E-state index is -4.55. The molecule has 4 aromatic carbocycles. The summed E-state index contributed by atoms with van der Waals surface area (Å²) >= 11 is 12.3. The van der Waals surface area contributed by atoms with E-state index in [1.165, 1.54) is 25.1 Å². The summed E-state index contributed by atoms with van der Waals surface area (Å²) in [5.41, 5.74) is 0.252. The Labute approximate surface area is 256 Å². The zero-order valence-electron chi connectivity index (χ0n) is 21.0. The SMILES string of the molecule is CCOc1ccc(Cl)c(NC(=O)c2cc3ccccc3c(N=Nc3cc(C)c(S(=O)(=O)O)c(Cl)c3)c2[O-])c1.[Na+]. The van der Waals surface area contributed by atoms with Crippen molar-refractivity contribution >= 4 is 67.1 Å². The largest absolute Gasteiger partial charge is 1.00 e. The molecule has 2 N–H and O–H groups in total. The van der Waals surface area contributed by atoms with Crippen molar-refractivity contribution in [1.82, 2.24) is 0 Å². The van der Waals surface area contributed by atoms with Gasteiger partial charge < -0.3 is 15.2 Å². The summed E-state index contributed by atoms with van der Waals surface area (Å²) in [4.78, 5) is 12.7. The van der Waals surface area contributed by atoms with Crippen molar-refractivity contribution in [2.75, 3.05) is 11.9 Å². The van der Waals surface area contributed by atoms with Crippen molar-refractivity contribution in [2.24, 2.45) is 10.2 Å². The van der Waals surface area contributed by atoms with E-state index in [1.54, 1.807) is 42.5 Å². The summed E-state index contributed by atoms with van der Waals surface area (Å²) in [5, 5.41) is 25.2. The number of rotatable bonds is 7. The predicted molar refractivity (Wildman–Crippen MR) is 144 cm³/mol. The summed E-state index contributed by atoms with van der Waals surface area (Å²) in [6.07, 6.45) is 0. The maximum atomic E-state index is 13.4. The molecule has 4 rings (SSSR count). The molecule has 0 aliphatic heterocycles. The zero-order valence-corrected chi connectivity index (χ0v) is 25.4. The van der Waals surface area contributed by atoms with E-state index in [0.717, 1.165) is 0 Å². The molecule has 0 heterocycles. The Kier molecular flexibility index (Phi) is 10.0. The molecular formula is C26H20Cl2N3NaO6S. The quantitative estimate of drug-likeness (QED) is 0.189. The number of amides is 1. The van der Waals surface area contributed by atoms with Gasteiger partial charge in [0.15, 0.2) is 0 Å². The summed E-state index contributed by atoms with van der Waals surface area (Å²) in [6.45, 7) is 3.67. The van der Waals surface area contributed by atoms with Crippen molar-refractivity contribution < 1.29 is 57.2 Å². The van der Waals surface area contributed by atoms with E-state index in [4.69, 9.17) is 27.9 Å². The van der Waals surface area contributed by atoms with E-state index in [9.17, 15) is 22.9 Å². The minimum Gasteiger partial charge on any atom is -0.870 e. The van der Waals surface area contributed by atoms with Gasteiger partial charge in [-0.2, -0.15) is 18.6 Å². The van der Waals surface area contributed by atoms with Crippen LogP contribution in [0.3, 0.4) is 0 Å².